The molecule has 21 heavy (non-hydrogen) atoms. The quantitative estimate of drug-likeness (QED) is 0.778. The van der Waals surface area contributed by atoms with Gasteiger partial charge in [0.15, 0.2) is 11.5 Å². The molecule has 2 rings (SSSR count). The van der Waals surface area contributed by atoms with E-state index in [2.05, 4.69) is 27.9 Å². The standard InChI is InChI=1S/C16H16INO3/c1-3-21-15-10-11(8-9-14(15)20-2)18-16(19)12-6-4-5-7-13(12)17/h4-10H,3H2,1-2H3,(H,18,19). The van der Waals surface area contributed by atoms with Crippen LogP contribution < -0.4 is 14.8 Å². The van der Waals surface area contributed by atoms with E-state index in [0.29, 0.717) is 29.4 Å². The zero-order valence-corrected chi connectivity index (χ0v) is 14.0. The number of hydrogen-bond acceptors (Lipinski definition) is 3. The van der Waals surface area contributed by atoms with Gasteiger partial charge in [-0.05, 0) is 53.8 Å². The summed E-state index contributed by atoms with van der Waals surface area (Å²) in [5.41, 5.74) is 1.32. The molecule has 4 nitrogen and oxygen atoms in total. The first-order valence-electron chi connectivity index (χ1n) is 6.52. The Bertz CT molecular complexity index is 643. The van der Waals surface area contributed by atoms with Crippen LogP contribution in [0, 0.1) is 3.57 Å². The molecule has 110 valence electrons. The number of halogens is 1. The molecule has 0 atom stereocenters. The molecule has 1 N–H and O–H groups in total. The van der Waals surface area contributed by atoms with Crippen molar-refractivity contribution < 1.29 is 14.3 Å². The highest BCUT2D eigenvalue weighted by Gasteiger charge is 2.11. The molecule has 0 saturated carbocycles. The number of rotatable bonds is 5. The Hall–Kier alpha value is -1.76. The number of carbonyl (C=O) groups is 1. The molecular formula is C16H16INO3. The molecule has 2 aromatic carbocycles. The molecule has 0 saturated heterocycles. The van der Waals surface area contributed by atoms with Crippen molar-refractivity contribution in [3.8, 4) is 11.5 Å². The van der Waals surface area contributed by atoms with Gasteiger partial charge in [-0.2, -0.15) is 0 Å². The summed E-state index contributed by atoms with van der Waals surface area (Å²) in [7, 11) is 1.59. The lowest BCUT2D eigenvalue weighted by Gasteiger charge is -2.12. The van der Waals surface area contributed by atoms with Gasteiger partial charge in [0, 0.05) is 15.3 Å². The van der Waals surface area contributed by atoms with Crippen molar-refractivity contribution in [1.29, 1.82) is 0 Å². The lowest BCUT2D eigenvalue weighted by Crippen LogP contribution is -2.13. The number of carbonyl (C=O) groups excluding carboxylic acids is 1. The van der Waals surface area contributed by atoms with E-state index in [9.17, 15) is 4.79 Å². The predicted molar refractivity (Wildman–Crippen MR) is 91.3 cm³/mol. The first-order chi connectivity index (χ1) is 10.2. The number of amides is 1. The van der Waals surface area contributed by atoms with Gasteiger partial charge in [0.25, 0.3) is 5.91 Å². The van der Waals surface area contributed by atoms with Crippen molar-refractivity contribution in [3.63, 3.8) is 0 Å². The summed E-state index contributed by atoms with van der Waals surface area (Å²) in [6.45, 7) is 2.43. The summed E-state index contributed by atoms with van der Waals surface area (Å²) in [6, 6.07) is 12.8. The normalized spacial score (nSPS) is 10.0. The summed E-state index contributed by atoms with van der Waals surface area (Å²) in [6.07, 6.45) is 0. The van der Waals surface area contributed by atoms with E-state index in [-0.39, 0.29) is 5.91 Å². The Labute approximate surface area is 137 Å². The zero-order valence-electron chi connectivity index (χ0n) is 11.9. The average Bonchev–Trinajstić information content (AvgIpc) is 2.48. The van der Waals surface area contributed by atoms with E-state index in [4.69, 9.17) is 9.47 Å². The van der Waals surface area contributed by atoms with Gasteiger partial charge in [0.2, 0.25) is 0 Å². The lowest BCUT2D eigenvalue weighted by atomic mass is 10.2. The highest BCUT2D eigenvalue weighted by atomic mass is 127. The van der Waals surface area contributed by atoms with Crippen LogP contribution in [0.2, 0.25) is 0 Å². The Morgan fingerprint density at radius 3 is 2.62 bits per heavy atom. The Balaban J connectivity index is 2.21. The zero-order chi connectivity index (χ0) is 15.2. The van der Waals surface area contributed by atoms with E-state index in [0.717, 1.165) is 3.57 Å². The molecule has 0 aromatic heterocycles. The number of ether oxygens (including phenoxy) is 2. The number of hydrogen-bond donors (Lipinski definition) is 1. The molecule has 2 aromatic rings. The molecule has 0 aliphatic rings. The highest BCUT2D eigenvalue weighted by molar-refractivity contribution is 14.1. The number of anilines is 1. The van der Waals surface area contributed by atoms with Gasteiger partial charge < -0.3 is 14.8 Å². The van der Waals surface area contributed by atoms with Crippen molar-refractivity contribution in [2.75, 3.05) is 19.0 Å². The van der Waals surface area contributed by atoms with Crippen LogP contribution in [-0.4, -0.2) is 19.6 Å². The predicted octanol–water partition coefficient (Wildman–Crippen LogP) is 3.95. The number of nitrogens with one attached hydrogen (secondary N) is 1. The fourth-order valence-corrected chi connectivity index (χ4v) is 2.50. The molecule has 5 heteroatoms. The van der Waals surface area contributed by atoms with Crippen LogP contribution in [0.15, 0.2) is 42.5 Å². The summed E-state index contributed by atoms with van der Waals surface area (Å²) in [5.74, 6) is 1.11. The van der Waals surface area contributed by atoms with Crippen molar-refractivity contribution in [1.82, 2.24) is 0 Å². The van der Waals surface area contributed by atoms with Gasteiger partial charge in [-0.15, -0.1) is 0 Å². The fourth-order valence-electron chi connectivity index (χ4n) is 1.87. The minimum absolute atomic E-state index is 0.146. The van der Waals surface area contributed by atoms with E-state index >= 15 is 0 Å². The van der Waals surface area contributed by atoms with Crippen molar-refractivity contribution in [3.05, 3.63) is 51.6 Å². The largest absolute Gasteiger partial charge is 0.493 e. The van der Waals surface area contributed by atoms with E-state index in [1.54, 1.807) is 31.4 Å². The van der Waals surface area contributed by atoms with Gasteiger partial charge >= 0.3 is 0 Å². The monoisotopic (exact) mass is 397 g/mol. The molecule has 0 spiro atoms. The van der Waals surface area contributed by atoms with Gasteiger partial charge in [0.1, 0.15) is 0 Å². The average molecular weight is 397 g/mol. The van der Waals surface area contributed by atoms with Crippen LogP contribution in [0.25, 0.3) is 0 Å². The molecule has 0 heterocycles. The third-order valence-electron chi connectivity index (χ3n) is 2.84. The first-order valence-corrected chi connectivity index (χ1v) is 7.60. The molecule has 0 fully saturated rings. The van der Waals surface area contributed by atoms with Crippen molar-refractivity contribution >= 4 is 34.2 Å². The number of methoxy groups -OCH3 is 1. The fraction of sp³-hybridized carbons (Fsp3) is 0.188. The van der Waals surface area contributed by atoms with Crippen LogP contribution in [-0.2, 0) is 0 Å². The third kappa shape index (κ3) is 3.87. The summed E-state index contributed by atoms with van der Waals surface area (Å²) in [5, 5.41) is 2.87. The van der Waals surface area contributed by atoms with Crippen LogP contribution in [0.1, 0.15) is 17.3 Å². The van der Waals surface area contributed by atoms with Crippen molar-refractivity contribution in [2.24, 2.45) is 0 Å². The molecule has 0 aliphatic heterocycles. The topological polar surface area (TPSA) is 47.6 Å². The van der Waals surface area contributed by atoms with E-state index in [1.165, 1.54) is 0 Å². The maximum absolute atomic E-state index is 12.3. The molecule has 1 amide bonds. The van der Waals surface area contributed by atoms with Gasteiger partial charge in [-0.25, -0.2) is 0 Å². The van der Waals surface area contributed by atoms with Crippen LogP contribution in [0.4, 0.5) is 5.69 Å². The summed E-state index contributed by atoms with van der Waals surface area (Å²) < 4.78 is 11.6. The lowest BCUT2D eigenvalue weighted by molar-refractivity contribution is 0.102. The number of benzene rings is 2. The first kappa shape index (κ1) is 15.6. The Kier molecular flexibility index (Phi) is 5.44. The van der Waals surface area contributed by atoms with Gasteiger partial charge in [-0.1, -0.05) is 12.1 Å². The van der Waals surface area contributed by atoms with E-state index < -0.39 is 0 Å². The SMILES string of the molecule is CCOc1cc(NC(=O)c2ccccc2I)ccc1OC. The van der Waals surface area contributed by atoms with Crippen LogP contribution >= 0.6 is 22.6 Å². The minimum Gasteiger partial charge on any atom is -0.493 e. The second-order valence-corrected chi connectivity index (χ2v) is 5.39. The molecule has 0 unspecified atom stereocenters. The van der Waals surface area contributed by atoms with Gasteiger partial charge in [0.05, 0.1) is 19.3 Å². The molecule has 0 aliphatic carbocycles. The Morgan fingerprint density at radius 2 is 1.95 bits per heavy atom. The van der Waals surface area contributed by atoms with Crippen LogP contribution in [0.3, 0.4) is 0 Å². The second-order valence-electron chi connectivity index (χ2n) is 4.23. The summed E-state index contributed by atoms with van der Waals surface area (Å²) >= 11 is 2.14. The van der Waals surface area contributed by atoms with E-state index in [1.807, 2.05) is 25.1 Å². The van der Waals surface area contributed by atoms with Gasteiger partial charge in [-0.3, -0.25) is 4.79 Å². The maximum Gasteiger partial charge on any atom is 0.256 e. The third-order valence-corrected chi connectivity index (χ3v) is 3.78. The smallest absolute Gasteiger partial charge is 0.256 e. The maximum atomic E-state index is 12.3. The minimum atomic E-state index is -0.146. The van der Waals surface area contributed by atoms with Crippen LogP contribution in [0.5, 0.6) is 11.5 Å². The molecule has 0 radical (unpaired) electrons. The highest BCUT2D eigenvalue weighted by Crippen LogP contribution is 2.30. The van der Waals surface area contributed by atoms with Crippen molar-refractivity contribution in [2.45, 2.75) is 6.92 Å². The Morgan fingerprint density at radius 1 is 1.19 bits per heavy atom. The summed E-state index contributed by atoms with van der Waals surface area (Å²) in [4.78, 5) is 12.3. The molecule has 0 bridgehead atoms. The molecular weight excluding hydrogens is 381 g/mol. The second kappa shape index (κ2) is 7.31.